The predicted molar refractivity (Wildman–Crippen MR) is 183 cm³/mol. The summed E-state index contributed by atoms with van der Waals surface area (Å²) >= 11 is 0. The van der Waals surface area contributed by atoms with E-state index in [1.165, 1.54) is 37.7 Å². The Morgan fingerprint density at radius 1 is 1.00 bits per heavy atom. The molecule has 45 heavy (non-hydrogen) atoms. The summed E-state index contributed by atoms with van der Waals surface area (Å²) in [6, 6.07) is 15.0. The number of H-pyrrole nitrogens is 1. The molecule has 1 amide bonds. The Morgan fingerprint density at radius 2 is 1.71 bits per heavy atom. The summed E-state index contributed by atoms with van der Waals surface area (Å²) in [7, 11) is 6.06. The van der Waals surface area contributed by atoms with Crippen molar-refractivity contribution in [2.24, 2.45) is 11.8 Å². The molecule has 1 saturated carbocycles. The van der Waals surface area contributed by atoms with E-state index in [0.717, 1.165) is 46.5 Å². The summed E-state index contributed by atoms with van der Waals surface area (Å²) in [6.45, 7) is 9.35. The van der Waals surface area contributed by atoms with Crippen LogP contribution in [0.15, 0.2) is 47.3 Å². The molecule has 1 aliphatic rings. The molecule has 1 aliphatic carbocycles. The highest BCUT2D eigenvalue weighted by molar-refractivity contribution is 5.97. The number of rotatable bonds is 14. The lowest BCUT2D eigenvalue weighted by Gasteiger charge is -2.37. The van der Waals surface area contributed by atoms with Crippen LogP contribution in [0.1, 0.15) is 83.8 Å². The van der Waals surface area contributed by atoms with Crippen LogP contribution >= 0.6 is 0 Å². The molecule has 4 rings (SSSR count). The summed E-state index contributed by atoms with van der Waals surface area (Å²) < 4.78 is 10.9. The highest BCUT2D eigenvalue weighted by Gasteiger charge is 2.29. The first-order chi connectivity index (χ1) is 21.6. The molecule has 1 heterocycles. The average molecular weight is 616 g/mol. The lowest BCUT2D eigenvalue weighted by Crippen LogP contribution is -2.34. The van der Waals surface area contributed by atoms with Gasteiger partial charge in [-0.3, -0.25) is 9.59 Å². The van der Waals surface area contributed by atoms with Crippen molar-refractivity contribution in [1.82, 2.24) is 15.2 Å². The predicted octanol–water partition coefficient (Wildman–Crippen LogP) is 7.00. The molecule has 0 saturated heterocycles. The zero-order chi connectivity index (χ0) is 32.5. The Bertz CT molecular complexity index is 1470. The van der Waals surface area contributed by atoms with Crippen LogP contribution in [0.2, 0.25) is 0 Å². The number of carbonyl (C=O) groups excluding carboxylic acids is 1. The van der Waals surface area contributed by atoms with Crippen molar-refractivity contribution in [2.75, 3.05) is 34.4 Å². The topological polar surface area (TPSA) is 83.7 Å². The van der Waals surface area contributed by atoms with Crippen LogP contribution in [0.4, 0.5) is 0 Å². The van der Waals surface area contributed by atoms with Gasteiger partial charge in [0.1, 0.15) is 12.4 Å². The zero-order valence-corrected chi connectivity index (χ0v) is 28.4. The summed E-state index contributed by atoms with van der Waals surface area (Å²) in [6.07, 6.45) is 8.32. The van der Waals surface area contributed by atoms with Crippen molar-refractivity contribution >= 4 is 5.91 Å². The molecule has 1 atom stereocenters. The molecule has 0 radical (unpaired) electrons. The number of aromatic amines is 1. The lowest BCUT2D eigenvalue weighted by molar-refractivity contribution is 0.0950. The number of amides is 1. The van der Waals surface area contributed by atoms with E-state index in [4.69, 9.17) is 9.47 Å². The number of nitrogens with zero attached hydrogens (tertiary/aromatic N) is 1. The van der Waals surface area contributed by atoms with Crippen molar-refractivity contribution in [1.29, 1.82) is 0 Å². The van der Waals surface area contributed by atoms with E-state index in [9.17, 15) is 9.59 Å². The number of nitrogens with one attached hydrogen (secondary N) is 2. The first kappa shape index (κ1) is 34.5. The maximum atomic E-state index is 13.8. The molecule has 0 bridgehead atoms. The molecule has 3 aromatic rings. The van der Waals surface area contributed by atoms with E-state index < -0.39 is 0 Å². The van der Waals surface area contributed by atoms with Crippen LogP contribution < -0.4 is 15.6 Å². The van der Waals surface area contributed by atoms with Gasteiger partial charge in [-0.15, -0.1) is 0 Å². The van der Waals surface area contributed by atoms with Gasteiger partial charge in [-0.2, -0.15) is 0 Å². The third kappa shape index (κ3) is 9.08. The molecule has 1 unspecified atom stereocenters. The third-order valence-corrected chi connectivity index (χ3v) is 9.70. The van der Waals surface area contributed by atoms with Gasteiger partial charge in [0, 0.05) is 36.5 Å². The normalized spacial score (nSPS) is 17.3. The van der Waals surface area contributed by atoms with Crippen LogP contribution in [0.25, 0.3) is 11.1 Å². The number of hydrogen-bond acceptors (Lipinski definition) is 5. The second kappa shape index (κ2) is 16.2. The summed E-state index contributed by atoms with van der Waals surface area (Å²) in [4.78, 5) is 31.7. The van der Waals surface area contributed by atoms with Crippen molar-refractivity contribution in [3.8, 4) is 16.9 Å². The molecule has 1 fully saturated rings. The van der Waals surface area contributed by atoms with Crippen molar-refractivity contribution in [2.45, 2.75) is 85.2 Å². The largest absolute Gasteiger partial charge is 0.491 e. The maximum absolute atomic E-state index is 13.8. The smallest absolute Gasteiger partial charge is 0.253 e. The first-order valence-electron chi connectivity index (χ1n) is 16.6. The monoisotopic (exact) mass is 615 g/mol. The molecule has 7 nitrogen and oxygen atoms in total. The summed E-state index contributed by atoms with van der Waals surface area (Å²) in [5.74, 6) is 1.90. The zero-order valence-electron chi connectivity index (χ0n) is 28.4. The van der Waals surface area contributed by atoms with Gasteiger partial charge in [0.2, 0.25) is 0 Å². The number of hydrogen-bond donors (Lipinski definition) is 2. The molecule has 244 valence electrons. The van der Waals surface area contributed by atoms with E-state index >= 15 is 0 Å². The van der Waals surface area contributed by atoms with Crippen LogP contribution in [-0.4, -0.2) is 56.3 Å². The minimum Gasteiger partial charge on any atom is -0.491 e. The van der Waals surface area contributed by atoms with Gasteiger partial charge in [0.15, 0.2) is 0 Å². The third-order valence-electron chi connectivity index (χ3n) is 9.70. The van der Waals surface area contributed by atoms with E-state index in [1.807, 2.05) is 38.1 Å². The van der Waals surface area contributed by atoms with Crippen molar-refractivity contribution in [3.63, 3.8) is 0 Å². The molecule has 2 aromatic carbocycles. The molecule has 2 N–H and O–H groups in total. The minimum absolute atomic E-state index is 0.154. The number of benzene rings is 2. The Morgan fingerprint density at radius 3 is 2.33 bits per heavy atom. The van der Waals surface area contributed by atoms with E-state index in [-0.39, 0.29) is 18.0 Å². The fourth-order valence-corrected chi connectivity index (χ4v) is 6.99. The summed E-state index contributed by atoms with van der Waals surface area (Å²) in [5, 5.41) is 3.06. The Labute approximate surface area is 269 Å². The number of aromatic nitrogens is 1. The second-order valence-electron chi connectivity index (χ2n) is 13.1. The highest BCUT2D eigenvalue weighted by atomic mass is 16.5. The van der Waals surface area contributed by atoms with Crippen LogP contribution in [0.3, 0.4) is 0 Å². The van der Waals surface area contributed by atoms with Gasteiger partial charge in [-0.25, -0.2) is 0 Å². The molecule has 0 aliphatic heterocycles. The minimum atomic E-state index is -0.159. The summed E-state index contributed by atoms with van der Waals surface area (Å²) in [5.41, 5.74) is 7.09. The van der Waals surface area contributed by atoms with Crippen LogP contribution in [0, 0.1) is 32.6 Å². The Balaban J connectivity index is 1.65. The van der Waals surface area contributed by atoms with Gasteiger partial charge in [-0.1, -0.05) is 38.0 Å². The van der Waals surface area contributed by atoms with E-state index in [2.05, 4.69) is 61.3 Å². The number of pyridine rings is 1. The Kier molecular flexibility index (Phi) is 12.4. The number of aryl methyl sites for hydroxylation is 2. The maximum Gasteiger partial charge on any atom is 0.253 e. The van der Waals surface area contributed by atoms with Gasteiger partial charge >= 0.3 is 0 Å². The average Bonchev–Trinajstić information content (AvgIpc) is 3.01. The number of carbonyl (C=O) groups is 1. The number of methoxy groups -OCH3 is 1. The van der Waals surface area contributed by atoms with Gasteiger partial charge in [0.25, 0.3) is 11.5 Å². The van der Waals surface area contributed by atoms with Crippen molar-refractivity contribution < 1.29 is 14.3 Å². The van der Waals surface area contributed by atoms with Gasteiger partial charge in [-0.05, 0) is 131 Å². The molecular weight excluding hydrogens is 562 g/mol. The van der Waals surface area contributed by atoms with Crippen molar-refractivity contribution in [3.05, 3.63) is 86.3 Å². The molecular formula is C38H53N3O4. The molecule has 1 aromatic heterocycles. The Hall–Kier alpha value is -3.42. The van der Waals surface area contributed by atoms with Crippen LogP contribution in [0.5, 0.6) is 5.75 Å². The SMILES string of the molecule is CCCC(Cc1cc(-c2ccc(OCCOC)cc2)cc(C(=O)NCc2c(C)cc(C)[nH]c2=O)c1C)C1CCC(N(C)C)CC1. The van der Waals surface area contributed by atoms with Gasteiger partial charge in [0.05, 0.1) is 6.61 Å². The van der Waals surface area contributed by atoms with E-state index in [0.29, 0.717) is 42.2 Å². The quantitative estimate of drug-likeness (QED) is 0.191. The van der Waals surface area contributed by atoms with E-state index in [1.54, 1.807) is 7.11 Å². The second-order valence-corrected chi connectivity index (χ2v) is 13.1. The standard InChI is InChI=1S/C38H53N3O4/c1-8-9-30(28-10-14-33(15-11-28)41(5)6)21-31-22-32(29-12-16-34(17-13-29)45-19-18-44-7)23-35(27(31)4)37(42)39-24-36-25(2)20-26(3)40-38(36)43/h12-13,16-17,20,22-23,28,30,33H,8-11,14-15,18-19,21,24H2,1-7H3,(H,39,42)(H,40,43). The molecule has 0 spiro atoms. The first-order valence-corrected chi connectivity index (χ1v) is 16.6. The number of ether oxygens (including phenoxy) is 2. The van der Waals surface area contributed by atoms with Crippen LogP contribution in [-0.2, 0) is 17.7 Å². The highest BCUT2D eigenvalue weighted by Crippen LogP contribution is 2.37. The molecule has 7 heteroatoms. The fraction of sp³-hybridized carbons (Fsp3) is 0.526. The van der Waals surface area contributed by atoms with Gasteiger partial charge < -0.3 is 24.7 Å². The fourth-order valence-electron chi connectivity index (χ4n) is 6.99. The lowest BCUT2D eigenvalue weighted by atomic mass is 9.73.